The molecule has 2 rings (SSSR count). The lowest BCUT2D eigenvalue weighted by Gasteiger charge is -2.16. The number of ether oxygens (including phenoxy) is 1. The number of hydrogen-bond acceptors (Lipinski definition) is 3. The maximum atomic E-state index is 12.5. The Morgan fingerprint density at radius 2 is 1.94 bits per heavy atom. The summed E-state index contributed by atoms with van der Waals surface area (Å²) >= 11 is 0. The molecule has 0 aliphatic carbocycles. The van der Waals surface area contributed by atoms with Gasteiger partial charge in [0.25, 0.3) is 0 Å². The van der Waals surface area contributed by atoms with Crippen molar-refractivity contribution >= 4 is 29.9 Å². The molecule has 0 unspecified atom stereocenters. The van der Waals surface area contributed by atoms with Crippen LogP contribution < -0.4 is 20.9 Å². The van der Waals surface area contributed by atoms with E-state index in [9.17, 15) is 18.0 Å². The van der Waals surface area contributed by atoms with E-state index >= 15 is 0 Å². The second-order valence-electron chi connectivity index (χ2n) is 6.81. The van der Waals surface area contributed by atoms with Crippen LogP contribution in [-0.4, -0.2) is 36.9 Å². The predicted molar refractivity (Wildman–Crippen MR) is 126 cm³/mol. The van der Waals surface area contributed by atoms with Gasteiger partial charge < -0.3 is 19.9 Å². The van der Waals surface area contributed by atoms with Crippen LogP contribution in [0.4, 0.5) is 13.2 Å². The van der Waals surface area contributed by atoms with Gasteiger partial charge in [0, 0.05) is 44.5 Å². The summed E-state index contributed by atoms with van der Waals surface area (Å²) in [4.78, 5) is 15.8. The molecule has 1 aromatic heterocycles. The highest BCUT2D eigenvalue weighted by atomic mass is 127. The number of nitrogens with one attached hydrogen (secondary N) is 2. The van der Waals surface area contributed by atoms with E-state index < -0.39 is 12.8 Å². The zero-order valence-corrected chi connectivity index (χ0v) is 19.9. The van der Waals surface area contributed by atoms with Crippen molar-refractivity contribution in [2.75, 3.05) is 20.2 Å². The van der Waals surface area contributed by atoms with Gasteiger partial charge in [0.15, 0.2) is 12.6 Å². The van der Waals surface area contributed by atoms with Crippen LogP contribution >= 0.6 is 24.0 Å². The lowest BCUT2D eigenvalue weighted by molar-refractivity contribution is -0.153. The molecule has 0 bridgehead atoms. The van der Waals surface area contributed by atoms with Crippen molar-refractivity contribution in [3.63, 3.8) is 0 Å². The highest BCUT2D eigenvalue weighted by Gasteiger charge is 2.28. The molecule has 172 valence electrons. The first-order valence-electron chi connectivity index (χ1n) is 9.67. The number of aromatic nitrogens is 1. The molecule has 0 aliphatic rings. The molecule has 0 amide bonds. The summed E-state index contributed by atoms with van der Waals surface area (Å²) in [5.74, 6) is 0.734. The topological polar surface area (TPSA) is 67.7 Å². The van der Waals surface area contributed by atoms with Crippen molar-refractivity contribution < 1.29 is 17.9 Å². The summed E-state index contributed by atoms with van der Waals surface area (Å²) < 4.78 is 44.1. The van der Waals surface area contributed by atoms with Crippen LogP contribution in [-0.2, 0) is 13.1 Å². The molecule has 1 aromatic carbocycles. The van der Waals surface area contributed by atoms with Gasteiger partial charge in [-0.05, 0) is 37.5 Å². The standard InChI is InChI=1S/C21H27F3N4O2.HI/c1-16-8-9-17(18(13-16)30-15-21(22,23)24)14-27-20(25-2)26-10-4-6-12-28-11-5-3-7-19(28)29;/h3,5,7-9,11,13H,4,6,10,12,14-15H2,1-2H3,(H2,25,26,27);1H. The van der Waals surface area contributed by atoms with Gasteiger partial charge >= 0.3 is 6.18 Å². The minimum Gasteiger partial charge on any atom is -0.484 e. The number of aryl methyl sites for hydroxylation is 2. The number of unbranched alkanes of at least 4 members (excludes halogenated alkanes) is 1. The van der Waals surface area contributed by atoms with Crippen molar-refractivity contribution in [3.8, 4) is 5.75 Å². The molecule has 2 N–H and O–H groups in total. The van der Waals surface area contributed by atoms with Gasteiger partial charge in [0.1, 0.15) is 5.75 Å². The van der Waals surface area contributed by atoms with Gasteiger partial charge in [0.05, 0.1) is 0 Å². The van der Waals surface area contributed by atoms with Crippen molar-refractivity contribution in [2.45, 2.75) is 39.0 Å². The van der Waals surface area contributed by atoms with Gasteiger partial charge in [-0.3, -0.25) is 9.79 Å². The smallest absolute Gasteiger partial charge is 0.422 e. The van der Waals surface area contributed by atoms with E-state index in [1.54, 1.807) is 42.9 Å². The molecule has 1 heterocycles. The largest absolute Gasteiger partial charge is 0.484 e. The second kappa shape index (κ2) is 13.2. The molecule has 0 aliphatic heterocycles. The van der Waals surface area contributed by atoms with Crippen molar-refractivity contribution in [2.24, 2.45) is 4.99 Å². The number of alkyl halides is 3. The van der Waals surface area contributed by atoms with E-state index in [1.807, 2.05) is 12.1 Å². The minimum atomic E-state index is -4.39. The Balaban J connectivity index is 0.00000480. The number of hydrogen-bond donors (Lipinski definition) is 2. The second-order valence-corrected chi connectivity index (χ2v) is 6.81. The van der Waals surface area contributed by atoms with Crippen LogP contribution in [0.3, 0.4) is 0 Å². The molecule has 31 heavy (non-hydrogen) atoms. The van der Waals surface area contributed by atoms with Crippen LogP contribution in [0.15, 0.2) is 52.4 Å². The number of rotatable bonds is 9. The number of halogens is 4. The van der Waals surface area contributed by atoms with Crippen molar-refractivity contribution in [1.29, 1.82) is 0 Å². The van der Waals surface area contributed by atoms with Gasteiger partial charge in [0.2, 0.25) is 5.56 Å². The lowest BCUT2D eigenvalue weighted by Crippen LogP contribution is -2.37. The normalized spacial score (nSPS) is 11.6. The number of benzene rings is 1. The Bertz CT molecular complexity index is 901. The molecule has 0 spiro atoms. The molecular weight excluding hydrogens is 524 g/mol. The molecule has 0 saturated carbocycles. The van der Waals surface area contributed by atoms with E-state index in [2.05, 4.69) is 15.6 Å². The maximum Gasteiger partial charge on any atom is 0.422 e. The predicted octanol–water partition coefficient (Wildman–Crippen LogP) is 3.86. The van der Waals surface area contributed by atoms with Gasteiger partial charge in [-0.1, -0.05) is 18.2 Å². The summed E-state index contributed by atoms with van der Waals surface area (Å²) in [6.45, 7) is 2.01. The Labute approximate surface area is 196 Å². The van der Waals surface area contributed by atoms with Gasteiger partial charge in [-0.2, -0.15) is 13.2 Å². The highest BCUT2D eigenvalue weighted by Crippen LogP contribution is 2.23. The van der Waals surface area contributed by atoms with Crippen molar-refractivity contribution in [3.05, 3.63) is 64.1 Å². The maximum absolute atomic E-state index is 12.5. The van der Waals surface area contributed by atoms with Crippen molar-refractivity contribution in [1.82, 2.24) is 15.2 Å². The molecule has 2 aromatic rings. The van der Waals surface area contributed by atoms with E-state index in [0.717, 1.165) is 18.4 Å². The zero-order chi connectivity index (χ0) is 22.0. The van der Waals surface area contributed by atoms with Crippen LogP contribution in [0, 0.1) is 6.92 Å². The molecule has 0 fully saturated rings. The number of nitrogens with zero attached hydrogens (tertiary/aromatic N) is 2. The highest BCUT2D eigenvalue weighted by molar-refractivity contribution is 14.0. The minimum absolute atomic E-state index is 0. The summed E-state index contributed by atoms with van der Waals surface area (Å²) in [5.41, 5.74) is 1.40. The number of aliphatic imine (C=N–C) groups is 1. The zero-order valence-electron chi connectivity index (χ0n) is 17.5. The average molecular weight is 552 g/mol. The first-order valence-corrected chi connectivity index (χ1v) is 9.67. The number of guanidine groups is 1. The van der Waals surface area contributed by atoms with Crippen LogP contribution in [0.5, 0.6) is 5.75 Å². The van der Waals surface area contributed by atoms with E-state index in [0.29, 0.717) is 24.6 Å². The Morgan fingerprint density at radius 3 is 2.61 bits per heavy atom. The fraction of sp³-hybridized carbons (Fsp3) is 0.429. The molecule has 0 atom stereocenters. The van der Waals surface area contributed by atoms with E-state index in [4.69, 9.17) is 4.74 Å². The first kappa shape index (κ1) is 26.8. The quantitative estimate of drug-likeness (QED) is 0.215. The SMILES string of the molecule is CN=C(NCCCCn1ccccc1=O)NCc1ccc(C)cc1OCC(F)(F)F.I. The summed E-state index contributed by atoms with van der Waals surface area (Å²) in [5, 5.41) is 6.24. The summed E-state index contributed by atoms with van der Waals surface area (Å²) in [7, 11) is 1.62. The third kappa shape index (κ3) is 10.1. The van der Waals surface area contributed by atoms with Gasteiger partial charge in [-0.25, -0.2) is 0 Å². The van der Waals surface area contributed by atoms with E-state index in [1.165, 1.54) is 6.07 Å². The Hall–Kier alpha value is -2.24. The lowest BCUT2D eigenvalue weighted by atomic mass is 10.1. The molecular formula is C21H28F3IN4O2. The number of pyridine rings is 1. The Morgan fingerprint density at radius 1 is 1.16 bits per heavy atom. The third-order valence-electron chi connectivity index (χ3n) is 4.30. The van der Waals surface area contributed by atoms with Crippen LogP contribution in [0.1, 0.15) is 24.0 Å². The van der Waals surface area contributed by atoms with Crippen LogP contribution in [0.25, 0.3) is 0 Å². The molecule has 0 radical (unpaired) electrons. The fourth-order valence-corrected chi connectivity index (χ4v) is 2.76. The Kier molecular flexibility index (Phi) is 11.4. The summed E-state index contributed by atoms with van der Waals surface area (Å²) in [6, 6.07) is 10.2. The molecule has 10 heteroatoms. The third-order valence-corrected chi connectivity index (χ3v) is 4.30. The van der Waals surface area contributed by atoms with Crippen LogP contribution in [0.2, 0.25) is 0 Å². The first-order chi connectivity index (χ1) is 14.3. The van der Waals surface area contributed by atoms with E-state index in [-0.39, 0.29) is 41.8 Å². The fourth-order valence-electron chi connectivity index (χ4n) is 2.76. The monoisotopic (exact) mass is 552 g/mol. The van der Waals surface area contributed by atoms with Gasteiger partial charge in [-0.15, -0.1) is 24.0 Å². The average Bonchev–Trinajstić information content (AvgIpc) is 2.70. The molecule has 6 nitrogen and oxygen atoms in total. The molecule has 0 saturated heterocycles. The summed E-state index contributed by atoms with van der Waals surface area (Å²) in [6.07, 6.45) is -0.985.